The van der Waals surface area contributed by atoms with Gasteiger partial charge in [-0.2, -0.15) is 0 Å². The van der Waals surface area contributed by atoms with Crippen molar-refractivity contribution in [3.8, 4) is 0 Å². The zero-order valence-corrected chi connectivity index (χ0v) is 13.0. The van der Waals surface area contributed by atoms with Gasteiger partial charge in [-0.25, -0.2) is 0 Å². The molecule has 0 atom stereocenters. The van der Waals surface area contributed by atoms with Crippen LogP contribution in [0.2, 0.25) is 0 Å². The number of fused-ring (bicyclic) bond motifs is 1. The van der Waals surface area contributed by atoms with Crippen LogP contribution >= 0.6 is 15.9 Å². The normalized spacial score (nSPS) is 16.0. The molecule has 1 heterocycles. The van der Waals surface area contributed by atoms with Gasteiger partial charge in [0.15, 0.2) is 5.78 Å². The number of benzene rings is 2. The van der Waals surface area contributed by atoms with E-state index in [-0.39, 0.29) is 11.2 Å². The molecular weight excluding hydrogens is 326 g/mol. The van der Waals surface area contributed by atoms with Gasteiger partial charge in [0, 0.05) is 27.1 Å². The Kier molecular flexibility index (Phi) is 2.79. The fourth-order valence-corrected chi connectivity index (χ4v) is 3.43. The molecule has 0 bridgehead atoms. The number of rotatable bonds is 3. The maximum Gasteiger partial charge on any atom is 0.175 e. The summed E-state index contributed by atoms with van der Waals surface area (Å²) in [5.41, 5.74) is 2.64. The van der Waals surface area contributed by atoms with Gasteiger partial charge in [-0.1, -0.05) is 46.3 Å². The van der Waals surface area contributed by atoms with Crippen LogP contribution < -0.4 is 0 Å². The number of halogens is 1. The Labute approximate surface area is 131 Å². The summed E-state index contributed by atoms with van der Waals surface area (Å²) in [6.45, 7) is 0. The van der Waals surface area contributed by atoms with Gasteiger partial charge in [0.1, 0.15) is 0 Å². The lowest BCUT2D eigenvalue weighted by Gasteiger charge is -2.14. The number of aromatic amines is 1. The standard InChI is InChI=1S/C18H14BrNO/c19-13-6-7-16-14(10-13)15(11-20-16)17(21)18(8-9-18)12-4-2-1-3-5-12/h1-7,10-11,20H,8-9H2. The van der Waals surface area contributed by atoms with Gasteiger partial charge in [0.2, 0.25) is 0 Å². The number of carbonyl (C=O) groups is 1. The summed E-state index contributed by atoms with van der Waals surface area (Å²) in [5.74, 6) is 0.234. The summed E-state index contributed by atoms with van der Waals surface area (Å²) in [6, 6.07) is 16.1. The molecule has 1 saturated carbocycles. The van der Waals surface area contributed by atoms with E-state index < -0.39 is 0 Å². The van der Waals surface area contributed by atoms with Gasteiger partial charge in [-0.05, 0) is 36.6 Å². The Balaban J connectivity index is 1.82. The van der Waals surface area contributed by atoms with Crippen molar-refractivity contribution in [3.05, 3.63) is 70.3 Å². The Morgan fingerprint density at radius 2 is 1.86 bits per heavy atom. The van der Waals surface area contributed by atoms with E-state index in [4.69, 9.17) is 0 Å². The van der Waals surface area contributed by atoms with Crippen LogP contribution in [0.1, 0.15) is 28.8 Å². The predicted octanol–water partition coefficient (Wildman–Crippen LogP) is 4.84. The monoisotopic (exact) mass is 339 g/mol. The molecule has 1 aromatic heterocycles. The number of nitrogens with one attached hydrogen (secondary N) is 1. The van der Waals surface area contributed by atoms with E-state index >= 15 is 0 Å². The molecule has 3 aromatic rings. The molecule has 1 aliphatic rings. The predicted molar refractivity (Wildman–Crippen MR) is 87.7 cm³/mol. The Morgan fingerprint density at radius 3 is 2.57 bits per heavy atom. The summed E-state index contributed by atoms with van der Waals surface area (Å²) in [4.78, 5) is 16.3. The van der Waals surface area contributed by atoms with E-state index in [1.54, 1.807) is 0 Å². The van der Waals surface area contributed by atoms with Crippen molar-refractivity contribution in [2.45, 2.75) is 18.3 Å². The van der Waals surface area contributed by atoms with Crippen LogP contribution in [0, 0.1) is 0 Å². The fraction of sp³-hybridized carbons (Fsp3) is 0.167. The molecule has 0 spiro atoms. The fourth-order valence-electron chi connectivity index (χ4n) is 3.07. The highest BCUT2D eigenvalue weighted by Crippen LogP contribution is 2.51. The molecule has 3 heteroatoms. The molecule has 4 rings (SSSR count). The van der Waals surface area contributed by atoms with Crippen LogP contribution in [0.4, 0.5) is 0 Å². The van der Waals surface area contributed by atoms with Crippen molar-refractivity contribution in [1.82, 2.24) is 4.98 Å². The molecule has 1 N–H and O–H groups in total. The summed E-state index contributed by atoms with van der Waals surface area (Å²) in [5, 5.41) is 0.997. The largest absolute Gasteiger partial charge is 0.360 e. The number of carbonyl (C=O) groups excluding carboxylic acids is 1. The molecule has 2 aromatic carbocycles. The number of aromatic nitrogens is 1. The van der Waals surface area contributed by atoms with E-state index in [0.717, 1.165) is 39.3 Å². The van der Waals surface area contributed by atoms with E-state index in [1.807, 2.05) is 42.6 Å². The van der Waals surface area contributed by atoms with Gasteiger partial charge in [0.25, 0.3) is 0 Å². The minimum Gasteiger partial charge on any atom is -0.360 e. The lowest BCUT2D eigenvalue weighted by Crippen LogP contribution is -2.20. The highest BCUT2D eigenvalue weighted by atomic mass is 79.9. The molecule has 0 aliphatic heterocycles. The number of hydrogen-bond donors (Lipinski definition) is 1. The molecule has 0 radical (unpaired) electrons. The summed E-state index contributed by atoms with van der Waals surface area (Å²) < 4.78 is 0.994. The molecule has 0 amide bonds. The molecule has 0 unspecified atom stereocenters. The molecular formula is C18H14BrNO. The van der Waals surface area contributed by atoms with Crippen molar-refractivity contribution in [2.24, 2.45) is 0 Å². The van der Waals surface area contributed by atoms with Crippen LogP contribution in [-0.4, -0.2) is 10.8 Å². The van der Waals surface area contributed by atoms with Crippen LogP contribution in [0.25, 0.3) is 10.9 Å². The molecule has 1 fully saturated rings. The van der Waals surface area contributed by atoms with Crippen LogP contribution in [0.3, 0.4) is 0 Å². The van der Waals surface area contributed by atoms with Crippen molar-refractivity contribution in [3.63, 3.8) is 0 Å². The maximum absolute atomic E-state index is 13.1. The zero-order valence-electron chi connectivity index (χ0n) is 11.4. The number of hydrogen-bond acceptors (Lipinski definition) is 1. The van der Waals surface area contributed by atoms with Crippen molar-refractivity contribution < 1.29 is 4.79 Å². The lowest BCUT2D eigenvalue weighted by molar-refractivity contribution is 0.0948. The van der Waals surface area contributed by atoms with Crippen LogP contribution in [0.5, 0.6) is 0 Å². The second kappa shape index (κ2) is 4.57. The van der Waals surface area contributed by atoms with E-state index in [0.29, 0.717) is 0 Å². The SMILES string of the molecule is O=C(c1c[nH]c2ccc(Br)cc12)C1(c2ccccc2)CC1. The molecule has 0 saturated heterocycles. The summed E-state index contributed by atoms with van der Waals surface area (Å²) >= 11 is 3.49. The second-order valence-corrected chi connectivity index (χ2v) is 6.59. The lowest BCUT2D eigenvalue weighted by atomic mass is 9.87. The first-order chi connectivity index (χ1) is 10.2. The third kappa shape index (κ3) is 1.95. The smallest absolute Gasteiger partial charge is 0.175 e. The summed E-state index contributed by atoms with van der Waals surface area (Å²) in [7, 11) is 0. The second-order valence-electron chi connectivity index (χ2n) is 5.67. The van der Waals surface area contributed by atoms with Gasteiger partial charge in [0.05, 0.1) is 5.41 Å². The number of Topliss-reactive ketones (excluding diaryl/α,β-unsaturated/α-hetero) is 1. The quantitative estimate of drug-likeness (QED) is 0.680. The first-order valence-corrected chi connectivity index (χ1v) is 7.87. The first kappa shape index (κ1) is 12.8. The van der Waals surface area contributed by atoms with Gasteiger partial charge >= 0.3 is 0 Å². The van der Waals surface area contributed by atoms with E-state index in [9.17, 15) is 4.79 Å². The molecule has 21 heavy (non-hydrogen) atoms. The number of H-pyrrole nitrogens is 1. The van der Waals surface area contributed by atoms with E-state index in [1.165, 1.54) is 0 Å². The first-order valence-electron chi connectivity index (χ1n) is 7.08. The Bertz CT molecular complexity index is 831. The van der Waals surface area contributed by atoms with Crippen molar-refractivity contribution >= 4 is 32.6 Å². The highest BCUT2D eigenvalue weighted by molar-refractivity contribution is 9.10. The van der Waals surface area contributed by atoms with Gasteiger partial charge in [-0.15, -0.1) is 0 Å². The highest BCUT2D eigenvalue weighted by Gasteiger charge is 2.51. The maximum atomic E-state index is 13.1. The zero-order chi connectivity index (χ0) is 14.4. The Morgan fingerprint density at radius 1 is 1.10 bits per heavy atom. The molecule has 2 nitrogen and oxygen atoms in total. The van der Waals surface area contributed by atoms with Crippen LogP contribution in [0.15, 0.2) is 59.2 Å². The minimum atomic E-state index is -0.307. The molecule has 104 valence electrons. The average molecular weight is 340 g/mol. The van der Waals surface area contributed by atoms with Crippen molar-refractivity contribution in [2.75, 3.05) is 0 Å². The van der Waals surface area contributed by atoms with Crippen molar-refractivity contribution in [1.29, 1.82) is 0 Å². The topological polar surface area (TPSA) is 32.9 Å². The molecule has 1 aliphatic carbocycles. The van der Waals surface area contributed by atoms with E-state index in [2.05, 4.69) is 33.0 Å². The summed E-state index contributed by atoms with van der Waals surface area (Å²) in [6.07, 6.45) is 3.73. The van der Waals surface area contributed by atoms with Gasteiger partial charge < -0.3 is 4.98 Å². The van der Waals surface area contributed by atoms with Gasteiger partial charge in [-0.3, -0.25) is 4.79 Å². The third-order valence-electron chi connectivity index (χ3n) is 4.40. The Hall–Kier alpha value is -1.87. The third-order valence-corrected chi connectivity index (χ3v) is 4.89. The van der Waals surface area contributed by atoms with Crippen LogP contribution in [-0.2, 0) is 5.41 Å². The number of ketones is 1. The minimum absolute atomic E-state index is 0.234. The average Bonchev–Trinajstić information content (AvgIpc) is 3.23.